The Morgan fingerprint density at radius 3 is 2.55 bits per heavy atom. The van der Waals surface area contributed by atoms with Crippen LogP contribution < -0.4 is 0 Å². The van der Waals surface area contributed by atoms with Gasteiger partial charge >= 0.3 is 0 Å². The smallest absolute Gasteiger partial charge is 0.225 e. The number of nitrogens with zero attached hydrogens (tertiary/aromatic N) is 4. The Balaban J connectivity index is 1.46. The monoisotopic (exact) mass is 410 g/mol. The summed E-state index contributed by atoms with van der Waals surface area (Å²) < 4.78 is 3.68. The van der Waals surface area contributed by atoms with E-state index >= 15 is 0 Å². The van der Waals surface area contributed by atoms with Crippen molar-refractivity contribution in [2.24, 2.45) is 5.92 Å². The van der Waals surface area contributed by atoms with Crippen LogP contribution in [-0.2, 0) is 16.8 Å². The first-order chi connectivity index (χ1) is 13.8. The van der Waals surface area contributed by atoms with E-state index in [2.05, 4.69) is 60.1 Å². The molecular weight excluding hydrogens is 380 g/mol. The van der Waals surface area contributed by atoms with Crippen LogP contribution in [0.5, 0.6) is 0 Å². The van der Waals surface area contributed by atoms with E-state index in [1.165, 1.54) is 27.2 Å². The van der Waals surface area contributed by atoms with Crippen molar-refractivity contribution < 1.29 is 4.79 Å². The normalized spacial score (nSPS) is 18.8. The maximum atomic E-state index is 12.4. The predicted octanol–water partition coefficient (Wildman–Crippen LogP) is 4.21. The predicted molar refractivity (Wildman–Crippen MR) is 119 cm³/mol. The Morgan fingerprint density at radius 2 is 1.90 bits per heavy atom. The highest BCUT2D eigenvalue weighted by molar-refractivity contribution is 7.23. The number of rotatable bonds is 3. The van der Waals surface area contributed by atoms with Gasteiger partial charge in [-0.3, -0.25) is 14.1 Å². The Kier molecular flexibility index (Phi) is 4.48. The zero-order valence-corrected chi connectivity index (χ0v) is 18.7. The van der Waals surface area contributed by atoms with Gasteiger partial charge in [-0.05, 0) is 37.5 Å². The van der Waals surface area contributed by atoms with Gasteiger partial charge in [0.15, 0.2) is 4.96 Å². The highest BCUT2D eigenvalue weighted by Crippen LogP contribution is 2.35. The summed E-state index contributed by atoms with van der Waals surface area (Å²) >= 11 is 1.78. The van der Waals surface area contributed by atoms with Crippen LogP contribution >= 0.6 is 11.3 Å². The number of hydrogen-bond donors (Lipinski definition) is 0. The maximum Gasteiger partial charge on any atom is 0.225 e. The molecule has 2 aliphatic rings. The van der Waals surface area contributed by atoms with Crippen molar-refractivity contribution in [1.82, 2.24) is 19.2 Å². The topological polar surface area (TPSA) is 40.9 Å². The van der Waals surface area contributed by atoms with E-state index < -0.39 is 0 Å². The first kappa shape index (κ1) is 19.1. The molecule has 6 heteroatoms. The summed E-state index contributed by atoms with van der Waals surface area (Å²) in [7, 11) is 0. The van der Waals surface area contributed by atoms with Crippen molar-refractivity contribution in [3.8, 4) is 0 Å². The fraction of sp³-hybridized carbons (Fsp3) is 0.565. The molecule has 29 heavy (non-hydrogen) atoms. The second-order valence-electron chi connectivity index (χ2n) is 9.72. The number of aromatic nitrogens is 2. The highest BCUT2D eigenvalue weighted by Gasteiger charge is 2.35. The molecule has 1 amide bonds. The number of benzene rings is 1. The Bertz CT molecular complexity index is 1080. The molecular formula is C23H30N4OS. The molecule has 2 fully saturated rings. The lowest BCUT2D eigenvalue weighted by molar-refractivity contribution is -0.134. The highest BCUT2D eigenvalue weighted by atomic mass is 32.1. The maximum absolute atomic E-state index is 12.4. The third-order valence-electron chi connectivity index (χ3n) is 6.19. The Labute approximate surface area is 176 Å². The van der Waals surface area contributed by atoms with Gasteiger partial charge in [-0.2, -0.15) is 0 Å². The van der Waals surface area contributed by atoms with Crippen LogP contribution in [0.3, 0.4) is 0 Å². The van der Waals surface area contributed by atoms with Crippen LogP contribution in [0.25, 0.3) is 15.2 Å². The molecule has 1 aliphatic carbocycles. The number of amides is 1. The number of piperazine rings is 1. The third-order valence-corrected chi connectivity index (χ3v) is 7.20. The van der Waals surface area contributed by atoms with E-state index in [0.717, 1.165) is 50.5 Å². The van der Waals surface area contributed by atoms with Gasteiger partial charge in [0.25, 0.3) is 0 Å². The second-order valence-corrected chi connectivity index (χ2v) is 10.7. The molecule has 0 N–H and O–H groups in total. The quantitative estimate of drug-likeness (QED) is 0.649. The van der Waals surface area contributed by atoms with Gasteiger partial charge in [0.1, 0.15) is 0 Å². The fourth-order valence-electron chi connectivity index (χ4n) is 4.41. The first-order valence-corrected chi connectivity index (χ1v) is 11.5. The van der Waals surface area contributed by atoms with Gasteiger partial charge in [-0.15, -0.1) is 0 Å². The van der Waals surface area contributed by atoms with Crippen LogP contribution in [0.4, 0.5) is 0 Å². The van der Waals surface area contributed by atoms with Crippen LogP contribution in [0, 0.1) is 12.8 Å². The van der Waals surface area contributed by atoms with E-state index in [1.807, 2.05) is 0 Å². The third kappa shape index (κ3) is 3.46. The zero-order valence-electron chi connectivity index (χ0n) is 17.9. The number of thiazole rings is 1. The minimum atomic E-state index is 0.00184. The summed E-state index contributed by atoms with van der Waals surface area (Å²) in [6.45, 7) is 13.4. The molecule has 0 radical (unpaired) electrons. The second kappa shape index (κ2) is 6.81. The van der Waals surface area contributed by atoms with Crippen LogP contribution in [0.15, 0.2) is 18.2 Å². The van der Waals surface area contributed by atoms with Crippen LogP contribution in [0.2, 0.25) is 0 Å². The van der Waals surface area contributed by atoms with Gasteiger partial charge < -0.3 is 4.90 Å². The summed E-state index contributed by atoms with van der Waals surface area (Å²) in [5, 5.41) is 0. The molecule has 0 atom stereocenters. The van der Waals surface area contributed by atoms with E-state index in [-0.39, 0.29) is 5.41 Å². The van der Waals surface area contributed by atoms with Gasteiger partial charge in [-0.1, -0.05) is 38.2 Å². The van der Waals surface area contributed by atoms with Gasteiger partial charge in [-0.25, -0.2) is 4.98 Å². The van der Waals surface area contributed by atoms with E-state index in [1.54, 1.807) is 11.3 Å². The Morgan fingerprint density at radius 1 is 1.17 bits per heavy atom. The molecule has 1 aliphatic heterocycles. The molecule has 2 aromatic heterocycles. The van der Waals surface area contributed by atoms with Gasteiger partial charge in [0, 0.05) is 44.1 Å². The summed E-state index contributed by atoms with van der Waals surface area (Å²) in [6, 6.07) is 6.69. The largest absolute Gasteiger partial charge is 0.340 e. The van der Waals surface area contributed by atoms with Crippen molar-refractivity contribution in [1.29, 1.82) is 0 Å². The molecule has 1 saturated carbocycles. The Hall–Kier alpha value is -1.92. The number of fused-ring (bicyclic) bond motifs is 3. The lowest BCUT2D eigenvalue weighted by Crippen LogP contribution is -2.49. The zero-order chi connectivity index (χ0) is 20.3. The average Bonchev–Trinajstić information content (AvgIpc) is 3.37. The van der Waals surface area contributed by atoms with Crippen molar-refractivity contribution in [3.05, 3.63) is 35.2 Å². The summed E-state index contributed by atoms with van der Waals surface area (Å²) in [6.07, 6.45) is 2.18. The summed E-state index contributed by atoms with van der Waals surface area (Å²) in [5.41, 5.74) is 5.06. The van der Waals surface area contributed by atoms with E-state index in [9.17, 15) is 4.79 Å². The SMILES string of the molecule is Cc1ccc2c(c1)sc1nc(C(C)(C)C)c(CN3CCN(C(=O)C4CC4)CC3)n12. The molecule has 3 aromatic rings. The van der Waals surface area contributed by atoms with Crippen LogP contribution in [0.1, 0.15) is 50.6 Å². The van der Waals surface area contributed by atoms with Crippen LogP contribution in [-0.4, -0.2) is 51.3 Å². The number of carbonyl (C=O) groups excluding carboxylic acids is 1. The van der Waals surface area contributed by atoms with Gasteiger partial charge in [0.05, 0.1) is 21.6 Å². The number of carbonyl (C=O) groups is 1. The number of hydrogen-bond acceptors (Lipinski definition) is 4. The first-order valence-electron chi connectivity index (χ1n) is 10.7. The van der Waals surface area contributed by atoms with E-state index in [0.29, 0.717) is 11.8 Å². The molecule has 1 aromatic carbocycles. The molecule has 3 heterocycles. The lowest BCUT2D eigenvalue weighted by atomic mass is 9.90. The van der Waals surface area contributed by atoms with Gasteiger partial charge in [0.2, 0.25) is 5.91 Å². The number of aryl methyl sites for hydroxylation is 1. The molecule has 1 saturated heterocycles. The van der Waals surface area contributed by atoms with Crippen molar-refractivity contribution >= 4 is 32.4 Å². The minimum Gasteiger partial charge on any atom is -0.340 e. The van der Waals surface area contributed by atoms with Crippen molar-refractivity contribution in [2.45, 2.75) is 52.5 Å². The fourth-order valence-corrected chi connectivity index (χ4v) is 5.55. The molecule has 0 bridgehead atoms. The molecule has 154 valence electrons. The minimum absolute atomic E-state index is 0.00184. The molecule has 5 nitrogen and oxygen atoms in total. The van der Waals surface area contributed by atoms with Crippen molar-refractivity contribution in [2.75, 3.05) is 26.2 Å². The molecule has 0 unspecified atom stereocenters. The molecule has 0 spiro atoms. The summed E-state index contributed by atoms with van der Waals surface area (Å²) in [5.74, 6) is 0.704. The standard InChI is InChI=1S/C23H30N4OS/c1-15-5-8-17-19(13-15)29-22-24-20(23(2,3)4)18(27(17)22)14-25-9-11-26(12-10-25)21(28)16-6-7-16/h5,8,13,16H,6-7,9-12,14H2,1-4H3. The number of imidazole rings is 1. The van der Waals surface area contributed by atoms with Crippen molar-refractivity contribution in [3.63, 3.8) is 0 Å². The lowest BCUT2D eigenvalue weighted by Gasteiger charge is -2.35. The summed E-state index contributed by atoms with van der Waals surface area (Å²) in [4.78, 5) is 23.1. The average molecular weight is 411 g/mol. The molecule has 5 rings (SSSR count). The van der Waals surface area contributed by atoms with E-state index in [4.69, 9.17) is 4.98 Å².